The van der Waals surface area contributed by atoms with Crippen LogP contribution in [-0.2, 0) is 5.88 Å². The van der Waals surface area contributed by atoms with E-state index < -0.39 is 17.5 Å². The van der Waals surface area contributed by atoms with Gasteiger partial charge in [0.1, 0.15) is 0 Å². The molecule has 78 valence electrons. The molecule has 0 aliphatic rings. The summed E-state index contributed by atoms with van der Waals surface area (Å²) in [5.74, 6) is -0.295. The number of pyridine rings is 1. The molecule has 0 aliphatic heterocycles. The van der Waals surface area contributed by atoms with Crippen LogP contribution in [0, 0.1) is 0 Å². The van der Waals surface area contributed by atoms with Crippen LogP contribution in [0.25, 0.3) is 0 Å². The van der Waals surface area contributed by atoms with Crippen LogP contribution in [0.15, 0.2) is 11.0 Å². The number of hydrogen-bond donors (Lipinski definition) is 1. The highest BCUT2D eigenvalue weighted by Gasteiger charge is 2.17. The molecule has 14 heavy (non-hydrogen) atoms. The van der Waals surface area contributed by atoms with Crippen LogP contribution in [0.3, 0.4) is 0 Å². The summed E-state index contributed by atoms with van der Waals surface area (Å²) in [5.41, 5.74) is -1.21. The van der Waals surface area contributed by atoms with Crippen LogP contribution in [0.2, 0.25) is 0 Å². The van der Waals surface area contributed by atoms with Crippen LogP contribution in [0.1, 0.15) is 17.7 Å². The number of methoxy groups -OCH3 is 1. The van der Waals surface area contributed by atoms with Crippen LogP contribution in [-0.4, -0.2) is 12.1 Å². The number of hydrogen-bond acceptors (Lipinski definition) is 2. The van der Waals surface area contributed by atoms with Crippen molar-refractivity contribution in [2.24, 2.45) is 0 Å². The second-order valence-electron chi connectivity index (χ2n) is 2.51. The molecule has 0 aromatic carbocycles. The van der Waals surface area contributed by atoms with Gasteiger partial charge >= 0.3 is 0 Å². The van der Waals surface area contributed by atoms with Crippen molar-refractivity contribution >= 4 is 11.6 Å². The fraction of sp³-hybridized carbons (Fsp3) is 0.375. The van der Waals surface area contributed by atoms with Crippen molar-refractivity contribution in [3.63, 3.8) is 0 Å². The van der Waals surface area contributed by atoms with Crippen molar-refractivity contribution in [3.05, 3.63) is 27.7 Å². The molecule has 0 aliphatic carbocycles. The molecule has 0 saturated carbocycles. The largest absolute Gasteiger partial charge is 0.491 e. The molecule has 0 saturated heterocycles. The standard InChI is InChI=1S/C8H8ClF2NO2/c1-14-5-3-12-6(8(10)11)4(2-9)7(5)13/h3,8H,2H2,1H3,(H,12,13). The molecule has 0 unspecified atom stereocenters. The third-order valence-corrected chi connectivity index (χ3v) is 2.02. The zero-order chi connectivity index (χ0) is 10.7. The van der Waals surface area contributed by atoms with Gasteiger partial charge in [-0.2, -0.15) is 0 Å². The number of aromatic nitrogens is 1. The van der Waals surface area contributed by atoms with E-state index >= 15 is 0 Å². The number of nitrogens with one attached hydrogen (secondary N) is 1. The Morgan fingerprint density at radius 1 is 1.64 bits per heavy atom. The average Bonchev–Trinajstić information content (AvgIpc) is 2.17. The predicted molar refractivity (Wildman–Crippen MR) is 48.1 cm³/mol. The Labute approximate surface area is 83.7 Å². The van der Waals surface area contributed by atoms with Crippen molar-refractivity contribution in [2.75, 3.05) is 7.11 Å². The highest BCUT2D eigenvalue weighted by Crippen LogP contribution is 2.21. The maximum absolute atomic E-state index is 12.4. The first kappa shape index (κ1) is 11.0. The summed E-state index contributed by atoms with van der Waals surface area (Å²) < 4.78 is 29.4. The van der Waals surface area contributed by atoms with E-state index in [0.29, 0.717) is 0 Å². The van der Waals surface area contributed by atoms with Crippen molar-refractivity contribution in [1.82, 2.24) is 4.98 Å². The number of halogens is 3. The lowest BCUT2D eigenvalue weighted by Gasteiger charge is -2.07. The Balaban J connectivity index is 3.36. The summed E-state index contributed by atoms with van der Waals surface area (Å²) in [6, 6.07) is 0. The third kappa shape index (κ3) is 1.87. The summed E-state index contributed by atoms with van der Waals surface area (Å²) in [6.07, 6.45) is -1.65. The number of rotatable bonds is 3. The van der Waals surface area contributed by atoms with Gasteiger partial charge in [-0.15, -0.1) is 11.6 Å². The fourth-order valence-electron chi connectivity index (χ4n) is 1.05. The van der Waals surface area contributed by atoms with Gasteiger partial charge in [-0.1, -0.05) is 0 Å². The van der Waals surface area contributed by atoms with Crippen molar-refractivity contribution in [3.8, 4) is 5.75 Å². The highest BCUT2D eigenvalue weighted by molar-refractivity contribution is 6.17. The molecule has 1 N–H and O–H groups in total. The molecule has 3 nitrogen and oxygen atoms in total. The van der Waals surface area contributed by atoms with Crippen molar-refractivity contribution in [2.45, 2.75) is 12.3 Å². The van der Waals surface area contributed by atoms with Gasteiger partial charge in [0.2, 0.25) is 5.43 Å². The zero-order valence-electron chi connectivity index (χ0n) is 7.31. The van der Waals surface area contributed by atoms with Gasteiger partial charge in [-0.05, 0) is 0 Å². The Bertz CT molecular complexity index is 378. The molecule has 1 aromatic heterocycles. The third-order valence-electron chi connectivity index (χ3n) is 1.75. The van der Waals surface area contributed by atoms with Crippen LogP contribution >= 0.6 is 11.6 Å². The van der Waals surface area contributed by atoms with Crippen molar-refractivity contribution in [1.29, 1.82) is 0 Å². The molecule has 1 heterocycles. The Morgan fingerprint density at radius 2 is 2.29 bits per heavy atom. The monoisotopic (exact) mass is 223 g/mol. The van der Waals surface area contributed by atoms with Gasteiger partial charge in [0.05, 0.1) is 18.7 Å². The minimum absolute atomic E-state index is 0.0231. The molecular formula is C8H8ClF2NO2. The number of aromatic amines is 1. The van der Waals surface area contributed by atoms with Crippen molar-refractivity contribution < 1.29 is 13.5 Å². The molecule has 1 aromatic rings. The van der Waals surface area contributed by atoms with Gasteiger partial charge in [0.15, 0.2) is 5.75 Å². The van der Waals surface area contributed by atoms with E-state index in [4.69, 9.17) is 11.6 Å². The molecule has 0 radical (unpaired) electrons. The van der Waals surface area contributed by atoms with E-state index in [1.165, 1.54) is 7.11 Å². The summed E-state index contributed by atoms with van der Waals surface area (Å²) in [7, 11) is 1.28. The molecular weight excluding hydrogens is 216 g/mol. The summed E-state index contributed by atoms with van der Waals surface area (Å²) >= 11 is 5.40. The summed E-state index contributed by atoms with van der Waals surface area (Å²) in [4.78, 5) is 13.7. The molecule has 0 spiro atoms. The first-order chi connectivity index (χ1) is 6.61. The maximum Gasteiger partial charge on any atom is 0.278 e. The lowest BCUT2D eigenvalue weighted by Crippen LogP contribution is -2.15. The van der Waals surface area contributed by atoms with Crippen LogP contribution in [0.4, 0.5) is 8.78 Å². The molecule has 6 heteroatoms. The molecule has 0 atom stereocenters. The molecule has 0 bridgehead atoms. The second kappa shape index (κ2) is 4.41. The van der Waals surface area contributed by atoms with Gasteiger partial charge in [0, 0.05) is 11.8 Å². The number of ether oxygens (including phenoxy) is 1. The van der Waals surface area contributed by atoms with Gasteiger partial charge in [-0.3, -0.25) is 4.79 Å². The smallest absolute Gasteiger partial charge is 0.278 e. The lowest BCUT2D eigenvalue weighted by molar-refractivity contribution is 0.144. The maximum atomic E-state index is 12.4. The minimum Gasteiger partial charge on any atom is -0.491 e. The topological polar surface area (TPSA) is 42.1 Å². The average molecular weight is 224 g/mol. The first-order valence-corrected chi connectivity index (χ1v) is 4.27. The van der Waals surface area contributed by atoms with E-state index in [-0.39, 0.29) is 17.2 Å². The van der Waals surface area contributed by atoms with E-state index in [2.05, 4.69) is 9.72 Å². The van der Waals surface area contributed by atoms with E-state index in [1.54, 1.807) is 0 Å². The zero-order valence-corrected chi connectivity index (χ0v) is 8.07. The first-order valence-electron chi connectivity index (χ1n) is 3.74. The fourth-order valence-corrected chi connectivity index (χ4v) is 1.31. The van der Waals surface area contributed by atoms with E-state index in [1.807, 2.05) is 0 Å². The summed E-state index contributed by atoms with van der Waals surface area (Å²) in [6.45, 7) is 0. The van der Waals surface area contributed by atoms with Crippen LogP contribution < -0.4 is 10.2 Å². The summed E-state index contributed by atoms with van der Waals surface area (Å²) in [5, 5.41) is 0. The Kier molecular flexibility index (Phi) is 3.46. The molecule has 0 amide bonds. The second-order valence-corrected chi connectivity index (χ2v) is 2.78. The van der Waals surface area contributed by atoms with Gasteiger partial charge in [0.25, 0.3) is 6.43 Å². The van der Waals surface area contributed by atoms with Crippen LogP contribution in [0.5, 0.6) is 5.75 Å². The van der Waals surface area contributed by atoms with Gasteiger partial charge < -0.3 is 9.72 Å². The SMILES string of the molecule is COc1c[nH]c(C(F)F)c(CCl)c1=O. The Hall–Kier alpha value is -1.10. The minimum atomic E-state index is -2.75. The van der Waals surface area contributed by atoms with E-state index in [0.717, 1.165) is 6.20 Å². The molecule has 1 rings (SSSR count). The van der Waals surface area contributed by atoms with Gasteiger partial charge in [-0.25, -0.2) is 8.78 Å². The normalized spacial score (nSPS) is 10.6. The quantitative estimate of drug-likeness (QED) is 0.797. The predicted octanol–water partition coefficient (Wildman–Crippen LogP) is 2.06. The number of alkyl halides is 3. The Morgan fingerprint density at radius 3 is 2.71 bits per heavy atom. The lowest BCUT2D eigenvalue weighted by atomic mass is 10.2. The highest BCUT2D eigenvalue weighted by atomic mass is 35.5. The number of H-pyrrole nitrogens is 1. The molecule has 0 fully saturated rings. The van der Waals surface area contributed by atoms with E-state index in [9.17, 15) is 13.6 Å².